The lowest BCUT2D eigenvalue weighted by molar-refractivity contribution is -0.149. The zero-order valence-corrected chi connectivity index (χ0v) is 24.3. The summed E-state index contributed by atoms with van der Waals surface area (Å²) in [5.74, 6) is 2.34. The number of terminal acetylenes is 1. The number of aliphatic hydroxyl groups is 1. The number of hydrogen-bond donors (Lipinski definition) is 4. The smallest absolute Gasteiger partial charge is 0.391 e. The molecule has 4 N–H and O–H groups in total. The monoisotopic (exact) mass is 560 g/mol. The third-order valence-corrected chi connectivity index (χ3v) is 11.0. The van der Waals surface area contributed by atoms with Gasteiger partial charge in [-0.25, -0.2) is 14.7 Å². The maximum absolute atomic E-state index is 13.8. The number of rotatable bonds is 9. The Bertz CT molecular complexity index is 1210. The summed E-state index contributed by atoms with van der Waals surface area (Å²) in [7, 11) is -4.04. The highest BCUT2D eigenvalue weighted by Crippen LogP contribution is 2.64. The van der Waals surface area contributed by atoms with Gasteiger partial charge in [-0.1, -0.05) is 18.9 Å². The average molecular weight is 561 g/mol. The van der Waals surface area contributed by atoms with Gasteiger partial charge in [0.15, 0.2) is 0 Å². The molecule has 2 saturated carbocycles. The summed E-state index contributed by atoms with van der Waals surface area (Å²) in [6.45, 7) is 8.41. The van der Waals surface area contributed by atoms with Crippen molar-refractivity contribution in [3.05, 3.63) is 29.3 Å². The number of aliphatic carboxylic acids is 1. The second-order valence-electron chi connectivity index (χ2n) is 11.9. The topological polar surface area (TPSA) is 134 Å². The third kappa shape index (κ3) is 5.63. The maximum Gasteiger partial charge on any atom is 0.391 e. The summed E-state index contributed by atoms with van der Waals surface area (Å²) in [5, 5.41) is 25.7. The number of esters is 1. The van der Waals surface area contributed by atoms with Gasteiger partial charge >= 0.3 is 19.6 Å². The predicted molar refractivity (Wildman–Crippen MR) is 147 cm³/mol. The second-order valence-corrected chi connectivity index (χ2v) is 13.7. The first kappa shape index (κ1) is 29.6. The van der Waals surface area contributed by atoms with Crippen molar-refractivity contribution < 1.29 is 33.6 Å². The Hall–Kier alpha value is -2.37. The average Bonchev–Trinajstić information content (AvgIpc) is 3.14. The molecule has 0 aromatic heterocycles. The minimum absolute atomic E-state index is 0.276. The van der Waals surface area contributed by atoms with Crippen molar-refractivity contribution in [1.29, 1.82) is 0 Å². The molecule has 3 aliphatic carbocycles. The van der Waals surface area contributed by atoms with Gasteiger partial charge in [-0.15, -0.1) is 6.42 Å². The Morgan fingerprint density at radius 1 is 1.13 bits per heavy atom. The number of benzene rings is 1. The third-order valence-electron chi connectivity index (χ3n) is 9.13. The molecule has 0 saturated heterocycles. The largest absolute Gasteiger partial charge is 0.480 e. The summed E-state index contributed by atoms with van der Waals surface area (Å²) in [5.41, 5.74) is 1.02. The zero-order valence-electron chi connectivity index (χ0n) is 23.4. The van der Waals surface area contributed by atoms with Gasteiger partial charge in [0, 0.05) is 5.41 Å². The Kier molecular flexibility index (Phi) is 8.27. The Labute approximate surface area is 231 Å². The van der Waals surface area contributed by atoms with Crippen molar-refractivity contribution in [3.8, 4) is 18.1 Å². The highest BCUT2D eigenvalue weighted by atomic mass is 31.2. The molecule has 8 atom stereocenters. The second kappa shape index (κ2) is 10.9. The molecule has 0 amide bonds. The normalized spacial score (nSPS) is 32.5. The minimum Gasteiger partial charge on any atom is -0.480 e. The van der Waals surface area contributed by atoms with Crippen LogP contribution in [-0.2, 0) is 25.3 Å². The molecule has 9 nitrogen and oxygen atoms in total. The molecule has 3 unspecified atom stereocenters. The molecule has 39 heavy (non-hydrogen) atoms. The first-order valence-corrected chi connectivity index (χ1v) is 15.5. The number of carbonyl (C=O) groups excluding carboxylic acids is 1. The van der Waals surface area contributed by atoms with E-state index >= 15 is 0 Å². The summed E-state index contributed by atoms with van der Waals surface area (Å²) in [6, 6.07) is 3.42. The number of carboxylic acids is 1. The van der Waals surface area contributed by atoms with Crippen LogP contribution in [0.4, 0.5) is 0 Å². The Morgan fingerprint density at radius 3 is 2.46 bits per heavy atom. The van der Waals surface area contributed by atoms with E-state index in [1.807, 2.05) is 12.1 Å². The van der Waals surface area contributed by atoms with Crippen molar-refractivity contribution in [2.24, 2.45) is 17.3 Å². The number of ether oxygens (including phenoxy) is 1. The van der Waals surface area contributed by atoms with Gasteiger partial charge in [-0.05, 0) is 107 Å². The van der Waals surface area contributed by atoms with Crippen molar-refractivity contribution in [3.63, 3.8) is 0 Å². The zero-order chi connectivity index (χ0) is 28.8. The van der Waals surface area contributed by atoms with Crippen LogP contribution < -0.4 is 14.7 Å². The molecule has 0 radical (unpaired) electrons. The van der Waals surface area contributed by atoms with Crippen LogP contribution in [0.25, 0.3) is 0 Å². The molecular formula is C29H41N2O7P. The number of nitrogens with one attached hydrogen (secondary N) is 2. The summed E-state index contributed by atoms with van der Waals surface area (Å²) in [6.07, 6.45) is 10.5. The number of carbonyl (C=O) groups is 2. The van der Waals surface area contributed by atoms with Crippen LogP contribution in [0.3, 0.4) is 0 Å². The first-order valence-electron chi connectivity index (χ1n) is 13.8. The number of carboxylic acid groups (broad SMARTS) is 1. The van der Waals surface area contributed by atoms with E-state index in [0.717, 1.165) is 37.7 Å². The molecule has 0 bridgehead atoms. The highest BCUT2D eigenvalue weighted by Gasteiger charge is 2.61. The SMILES string of the molecule is C#C[C@]1(O)CC[C@H]2[C@@H]3CCc4cc(OP(=O)(NC(C)C(=O)O)NC(C)C(=O)OC(C)C)ccc4[C@H]3CC[C@@]21C. The molecule has 2 fully saturated rings. The molecule has 0 heterocycles. The van der Waals surface area contributed by atoms with Gasteiger partial charge in [-0.2, -0.15) is 0 Å². The van der Waals surface area contributed by atoms with Crippen molar-refractivity contribution in [2.75, 3.05) is 0 Å². The molecule has 4 rings (SSSR count). The molecule has 3 aliphatic rings. The van der Waals surface area contributed by atoms with Crippen molar-refractivity contribution in [2.45, 2.75) is 103 Å². The van der Waals surface area contributed by atoms with E-state index in [-0.39, 0.29) is 11.5 Å². The Balaban J connectivity index is 1.55. The molecule has 214 valence electrons. The van der Waals surface area contributed by atoms with Gasteiger partial charge in [0.1, 0.15) is 23.4 Å². The van der Waals surface area contributed by atoms with Gasteiger partial charge in [0.2, 0.25) is 0 Å². The van der Waals surface area contributed by atoms with Crippen LogP contribution in [0.2, 0.25) is 0 Å². The first-order chi connectivity index (χ1) is 18.2. The standard InChI is InChI=1S/C29H41N2O7P/c1-7-29(35)15-13-25-24-10-8-20-16-21(9-11-22(20)23(24)12-14-28(25,29)6)38-39(36,30-18(4)26(32)33)31-19(5)27(34)37-17(2)3/h1,9,11,16-19,23-25,35H,8,10,12-15H2,2-6H3,(H,32,33)(H2,30,31,36)/t18?,19?,23-,24-,25+,28+,29+,39?/m1/s1. The van der Waals surface area contributed by atoms with Crippen LogP contribution in [0.15, 0.2) is 18.2 Å². The van der Waals surface area contributed by atoms with Crippen LogP contribution in [0.1, 0.15) is 83.8 Å². The van der Waals surface area contributed by atoms with Crippen molar-refractivity contribution >= 4 is 19.6 Å². The molecule has 0 aliphatic heterocycles. The van der Waals surface area contributed by atoms with E-state index in [4.69, 9.17) is 15.7 Å². The fourth-order valence-corrected chi connectivity index (χ4v) is 8.89. The number of hydrogen-bond acceptors (Lipinski definition) is 6. The van der Waals surface area contributed by atoms with E-state index in [9.17, 15) is 24.4 Å². The summed E-state index contributed by atoms with van der Waals surface area (Å²) < 4.78 is 24.9. The van der Waals surface area contributed by atoms with Crippen LogP contribution >= 0.6 is 7.67 Å². The number of fused-ring (bicyclic) bond motifs is 5. The van der Waals surface area contributed by atoms with Crippen LogP contribution in [0.5, 0.6) is 5.75 Å². The molecular weight excluding hydrogens is 519 g/mol. The van der Waals surface area contributed by atoms with E-state index in [0.29, 0.717) is 29.9 Å². The molecule has 1 aromatic rings. The van der Waals surface area contributed by atoms with E-state index < -0.39 is 37.3 Å². The number of aryl methyl sites for hydroxylation is 1. The van der Waals surface area contributed by atoms with Crippen LogP contribution in [0, 0.1) is 29.6 Å². The van der Waals surface area contributed by atoms with Crippen molar-refractivity contribution in [1.82, 2.24) is 10.2 Å². The highest BCUT2D eigenvalue weighted by molar-refractivity contribution is 7.55. The molecule has 1 aromatic carbocycles. The van der Waals surface area contributed by atoms with Gasteiger partial charge < -0.3 is 19.5 Å². The van der Waals surface area contributed by atoms with Gasteiger partial charge in [-0.3, -0.25) is 9.59 Å². The molecule has 0 spiro atoms. The Morgan fingerprint density at radius 2 is 1.82 bits per heavy atom. The quantitative estimate of drug-likeness (QED) is 0.197. The lowest BCUT2D eigenvalue weighted by Crippen LogP contribution is -2.50. The fraction of sp³-hybridized carbons (Fsp3) is 0.655. The van der Waals surface area contributed by atoms with Crippen LogP contribution in [-0.4, -0.2) is 45.9 Å². The maximum atomic E-state index is 13.8. The predicted octanol–water partition coefficient (Wildman–Crippen LogP) is 4.39. The van der Waals surface area contributed by atoms with E-state index in [1.165, 1.54) is 19.4 Å². The summed E-state index contributed by atoms with van der Waals surface area (Å²) in [4.78, 5) is 23.9. The van der Waals surface area contributed by atoms with E-state index in [2.05, 4.69) is 23.0 Å². The van der Waals surface area contributed by atoms with Gasteiger partial charge in [0.25, 0.3) is 0 Å². The lowest BCUT2D eigenvalue weighted by Gasteiger charge is -2.52. The molecule has 10 heteroatoms. The lowest BCUT2D eigenvalue weighted by atomic mass is 9.53. The van der Waals surface area contributed by atoms with Gasteiger partial charge in [0.05, 0.1) is 6.10 Å². The fourth-order valence-electron chi connectivity index (χ4n) is 7.06. The summed E-state index contributed by atoms with van der Waals surface area (Å²) >= 11 is 0. The van der Waals surface area contributed by atoms with E-state index in [1.54, 1.807) is 19.9 Å². The minimum atomic E-state index is -4.04.